The van der Waals surface area contributed by atoms with Crippen molar-refractivity contribution in [3.8, 4) is 22.6 Å². The van der Waals surface area contributed by atoms with Crippen LogP contribution in [0.4, 0.5) is 0 Å². The van der Waals surface area contributed by atoms with Crippen LogP contribution >= 0.6 is 8.58 Å². The Labute approximate surface area is 178 Å². The molecule has 0 aromatic heterocycles. The minimum absolute atomic E-state index is 0.841. The van der Waals surface area contributed by atoms with E-state index in [-0.39, 0.29) is 0 Å². The standard InChI is InChI=1S/C26H35O2P/c1-27-22-15-10-16-23(28-2)26(22)21-14-7-9-18-25(21)29-24-17-8-6-13-20(24)19-11-4-3-5-12-19/h7,9-10,14-16,18-20,24,29H,3-6,8,11-13,17H2,1-2H3. The second-order valence-electron chi connectivity index (χ2n) is 8.68. The topological polar surface area (TPSA) is 18.5 Å². The molecule has 2 saturated carbocycles. The Kier molecular flexibility index (Phi) is 7.14. The van der Waals surface area contributed by atoms with Gasteiger partial charge in [-0.15, -0.1) is 0 Å². The molecule has 0 saturated heterocycles. The van der Waals surface area contributed by atoms with Gasteiger partial charge in [-0.05, 0) is 53.3 Å². The van der Waals surface area contributed by atoms with E-state index in [0.29, 0.717) is 0 Å². The van der Waals surface area contributed by atoms with Gasteiger partial charge in [0.25, 0.3) is 0 Å². The number of hydrogen-bond donors (Lipinski definition) is 0. The molecule has 2 fully saturated rings. The summed E-state index contributed by atoms with van der Waals surface area (Å²) in [6, 6.07) is 15.0. The molecule has 3 unspecified atom stereocenters. The number of ether oxygens (including phenoxy) is 2. The third kappa shape index (κ3) is 4.64. The highest BCUT2D eigenvalue weighted by molar-refractivity contribution is 7.48. The zero-order valence-corrected chi connectivity index (χ0v) is 19.0. The normalized spacial score (nSPS) is 23.4. The van der Waals surface area contributed by atoms with Crippen LogP contribution in [-0.4, -0.2) is 19.9 Å². The lowest BCUT2D eigenvalue weighted by Crippen LogP contribution is -2.31. The highest BCUT2D eigenvalue weighted by Gasteiger charge is 2.33. The molecule has 2 aromatic rings. The molecule has 2 nitrogen and oxygen atoms in total. The molecule has 0 N–H and O–H groups in total. The van der Waals surface area contributed by atoms with Gasteiger partial charge in [-0.2, -0.15) is 0 Å². The maximum absolute atomic E-state index is 5.73. The molecule has 3 heteroatoms. The molecule has 0 heterocycles. The molecule has 156 valence electrons. The van der Waals surface area contributed by atoms with Gasteiger partial charge >= 0.3 is 0 Å². The summed E-state index contributed by atoms with van der Waals surface area (Å²) in [4.78, 5) is 0. The molecular weight excluding hydrogens is 375 g/mol. The van der Waals surface area contributed by atoms with Gasteiger partial charge in [0.2, 0.25) is 0 Å². The van der Waals surface area contributed by atoms with Gasteiger partial charge in [0, 0.05) is 0 Å². The Morgan fingerprint density at radius 2 is 1.38 bits per heavy atom. The monoisotopic (exact) mass is 410 g/mol. The largest absolute Gasteiger partial charge is 0.496 e. The van der Waals surface area contributed by atoms with Crippen LogP contribution in [0.1, 0.15) is 57.8 Å². The van der Waals surface area contributed by atoms with Crippen LogP contribution in [0.15, 0.2) is 42.5 Å². The quantitative estimate of drug-likeness (QED) is 0.487. The van der Waals surface area contributed by atoms with Crippen molar-refractivity contribution in [1.29, 1.82) is 0 Å². The van der Waals surface area contributed by atoms with Crippen molar-refractivity contribution in [2.45, 2.75) is 63.4 Å². The SMILES string of the molecule is COc1cccc(OC)c1-c1ccccc1PC1CCCCC1C1CCCCC1. The number of rotatable bonds is 6. The molecule has 0 bridgehead atoms. The summed E-state index contributed by atoms with van der Waals surface area (Å²) < 4.78 is 11.5. The average Bonchev–Trinajstić information content (AvgIpc) is 2.80. The van der Waals surface area contributed by atoms with Gasteiger partial charge < -0.3 is 9.47 Å². The fourth-order valence-electron chi connectivity index (χ4n) is 5.61. The van der Waals surface area contributed by atoms with Crippen molar-refractivity contribution in [2.75, 3.05) is 14.2 Å². The first-order chi connectivity index (χ1) is 14.3. The van der Waals surface area contributed by atoms with E-state index in [1.165, 1.54) is 68.7 Å². The Morgan fingerprint density at radius 3 is 2.10 bits per heavy atom. The lowest BCUT2D eigenvalue weighted by atomic mass is 9.73. The van der Waals surface area contributed by atoms with Crippen molar-refractivity contribution < 1.29 is 9.47 Å². The summed E-state index contributed by atoms with van der Waals surface area (Å²) in [6.45, 7) is 0. The number of methoxy groups -OCH3 is 2. The highest BCUT2D eigenvalue weighted by atomic mass is 31.1. The first kappa shape index (κ1) is 20.7. The lowest BCUT2D eigenvalue weighted by molar-refractivity contribution is 0.202. The van der Waals surface area contributed by atoms with E-state index >= 15 is 0 Å². The van der Waals surface area contributed by atoms with Gasteiger partial charge in [-0.25, -0.2) is 0 Å². The third-order valence-electron chi connectivity index (χ3n) is 7.04. The molecular formula is C26H35O2P. The summed E-state index contributed by atoms with van der Waals surface area (Å²) in [6.07, 6.45) is 13.0. The van der Waals surface area contributed by atoms with Crippen molar-refractivity contribution >= 4 is 13.9 Å². The molecule has 2 aromatic carbocycles. The predicted octanol–water partition coefficient (Wildman–Crippen LogP) is 6.81. The first-order valence-corrected chi connectivity index (χ1v) is 12.5. The van der Waals surface area contributed by atoms with Gasteiger partial charge in [0.1, 0.15) is 11.5 Å². The van der Waals surface area contributed by atoms with E-state index in [4.69, 9.17) is 9.47 Å². The van der Waals surface area contributed by atoms with Crippen LogP contribution in [0, 0.1) is 11.8 Å². The molecule has 0 spiro atoms. The molecule has 0 aliphatic heterocycles. The van der Waals surface area contributed by atoms with Crippen molar-refractivity contribution in [1.82, 2.24) is 0 Å². The second kappa shape index (κ2) is 9.98. The van der Waals surface area contributed by atoms with Crippen LogP contribution in [0.5, 0.6) is 11.5 Å². The van der Waals surface area contributed by atoms with Crippen molar-refractivity contribution in [3.63, 3.8) is 0 Å². The highest BCUT2D eigenvalue weighted by Crippen LogP contribution is 2.47. The summed E-state index contributed by atoms with van der Waals surface area (Å²) in [5.41, 5.74) is 3.23. The van der Waals surface area contributed by atoms with Crippen molar-refractivity contribution in [3.05, 3.63) is 42.5 Å². The number of hydrogen-bond acceptors (Lipinski definition) is 2. The minimum atomic E-state index is 0.841. The van der Waals surface area contributed by atoms with Crippen LogP contribution in [0.3, 0.4) is 0 Å². The summed E-state index contributed by atoms with van der Waals surface area (Å²) >= 11 is 0. The van der Waals surface area contributed by atoms with Crippen LogP contribution < -0.4 is 14.8 Å². The average molecular weight is 411 g/mol. The van der Waals surface area contributed by atoms with Crippen LogP contribution in [-0.2, 0) is 0 Å². The smallest absolute Gasteiger partial charge is 0.130 e. The van der Waals surface area contributed by atoms with Gasteiger partial charge in [0.05, 0.1) is 19.8 Å². The fraction of sp³-hybridized carbons (Fsp3) is 0.538. The molecule has 0 radical (unpaired) electrons. The maximum atomic E-state index is 5.73. The summed E-state index contributed by atoms with van der Waals surface area (Å²) in [7, 11) is 4.37. The van der Waals surface area contributed by atoms with Crippen molar-refractivity contribution in [2.24, 2.45) is 11.8 Å². The van der Waals surface area contributed by atoms with E-state index in [9.17, 15) is 0 Å². The minimum Gasteiger partial charge on any atom is -0.496 e. The Hall–Kier alpha value is -1.53. The first-order valence-electron chi connectivity index (χ1n) is 11.4. The van der Waals surface area contributed by atoms with Crippen LogP contribution in [0.25, 0.3) is 11.1 Å². The van der Waals surface area contributed by atoms with E-state index in [1.54, 1.807) is 14.2 Å². The molecule has 4 rings (SSSR count). The Bertz CT molecular complexity index is 775. The molecule has 29 heavy (non-hydrogen) atoms. The second-order valence-corrected chi connectivity index (χ2v) is 10.2. The molecule has 2 aliphatic carbocycles. The lowest BCUT2D eigenvalue weighted by Gasteiger charge is -2.39. The fourth-order valence-corrected chi connectivity index (χ4v) is 7.57. The van der Waals surface area contributed by atoms with Gasteiger partial charge in [0.15, 0.2) is 0 Å². The zero-order valence-electron chi connectivity index (χ0n) is 18.0. The van der Waals surface area contributed by atoms with Crippen LogP contribution in [0.2, 0.25) is 0 Å². The summed E-state index contributed by atoms with van der Waals surface area (Å²) in [5, 5.41) is 1.48. The van der Waals surface area contributed by atoms with E-state index in [2.05, 4.69) is 24.3 Å². The third-order valence-corrected chi connectivity index (χ3v) is 8.87. The molecule has 2 aliphatic rings. The Morgan fingerprint density at radius 1 is 0.724 bits per heavy atom. The van der Waals surface area contributed by atoms with E-state index in [0.717, 1.165) is 43.1 Å². The Balaban J connectivity index is 1.65. The van der Waals surface area contributed by atoms with E-state index in [1.807, 2.05) is 18.2 Å². The van der Waals surface area contributed by atoms with Gasteiger partial charge in [-0.1, -0.05) is 83.9 Å². The van der Waals surface area contributed by atoms with E-state index < -0.39 is 0 Å². The summed E-state index contributed by atoms with van der Waals surface area (Å²) in [5.74, 6) is 3.69. The maximum Gasteiger partial charge on any atom is 0.130 e. The molecule has 0 amide bonds. The number of benzene rings is 2. The molecule has 3 atom stereocenters. The zero-order chi connectivity index (χ0) is 20.1. The van der Waals surface area contributed by atoms with Gasteiger partial charge in [-0.3, -0.25) is 0 Å². The predicted molar refractivity (Wildman–Crippen MR) is 125 cm³/mol.